The number of aliphatic hydroxyl groups is 1. The molecule has 0 aromatic heterocycles. The molecular weight excluding hydrogens is 188 g/mol. The summed E-state index contributed by atoms with van der Waals surface area (Å²) in [5, 5.41) is 17.7. The van der Waals surface area contributed by atoms with E-state index in [0.29, 0.717) is 12.0 Å². The lowest BCUT2D eigenvalue weighted by Gasteiger charge is -2.44. The molecule has 2 fully saturated rings. The van der Waals surface area contributed by atoms with E-state index in [2.05, 4.69) is 17.6 Å². The Hall–Kier alpha value is -0.120. The first-order valence-electron chi connectivity index (χ1n) is 6.40. The average Bonchev–Trinajstić information content (AvgIpc) is 2.51. The molecule has 2 heterocycles. The predicted molar refractivity (Wildman–Crippen MR) is 61.9 cm³/mol. The predicted octanol–water partition coefficient (Wildman–Crippen LogP) is 0.879. The van der Waals surface area contributed by atoms with E-state index >= 15 is 0 Å². The van der Waals surface area contributed by atoms with Gasteiger partial charge in [0.2, 0.25) is 0 Å². The van der Waals surface area contributed by atoms with E-state index in [-0.39, 0.29) is 0 Å². The van der Waals surface area contributed by atoms with Crippen LogP contribution in [0.5, 0.6) is 0 Å². The summed E-state index contributed by atoms with van der Waals surface area (Å²) < 4.78 is 0. The molecule has 15 heavy (non-hydrogen) atoms. The lowest BCUT2D eigenvalue weighted by Crippen LogP contribution is -2.60. The molecule has 3 nitrogen and oxygen atoms in total. The number of hydrogen-bond donors (Lipinski definition) is 3. The van der Waals surface area contributed by atoms with Gasteiger partial charge in [-0.25, -0.2) is 0 Å². The lowest BCUT2D eigenvalue weighted by molar-refractivity contribution is -0.0653. The summed E-state index contributed by atoms with van der Waals surface area (Å²) in [6.07, 6.45) is 5.87. The Morgan fingerprint density at radius 1 is 1.20 bits per heavy atom. The van der Waals surface area contributed by atoms with E-state index in [0.717, 1.165) is 32.5 Å². The van der Waals surface area contributed by atoms with Crippen LogP contribution in [0.4, 0.5) is 0 Å². The van der Waals surface area contributed by atoms with Crippen LogP contribution < -0.4 is 10.6 Å². The molecule has 0 radical (unpaired) electrons. The zero-order chi connectivity index (χ0) is 10.7. The van der Waals surface area contributed by atoms with Crippen molar-refractivity contribution in [1.82, 2.24) is 10.6 Å². The molecule has 2 rings (SSSR count). The van der Waals surface area contributed by atoms with E-state index in [1.165, 1.54) is 19.3 Å². The molecule has 3 atom stereocenters. The average molecular weight is 212 g/mol. The van der Waals surface area contributed by atoms with Crippen molar-refractivity contribution >= 4 is 0 Å². The minimum Gasteiger partial charge on any atom is -0.388 e. The quantitative estimate of drug-likeness (QED) is 0.604. The molecule has 0 aliphatic carbocycles. The summed E-state index contributed by atoms with van der Waals surface area (Å²) in [4.78, 5) is 0. The van der Waals surface area contributed by atoms with Crippen LogP contribution in [0.3, 0.4) is 0 Å². The van der Waals surface area contributed by atoms with Crippen molar-refractivity contribution in [2.45, 2.75) is 50.7 Å². The van der Waals surface area contributed by atoms with Crippen molar-refractivity contribution in [2.24, 2.45) is 5.92 Å². The Labute approximate surface area is 92.6 Å². The van der Waals surface area contributed by atoms with Gasteiger partial charge in [-0.05, 0) is 38.3 Å². The maximum Gasteiger partial charge on any atom is 0.0849 e. The van der Waals surface area contributed by atoms with Crippen LogP contribution in [0.25, 0.3) is 0 Å². The summed E-state index contributed by atoms with van der Waals surface area (Å²) in [6, 6.07) is 0.317. The fraction of sp³-hybridized carbons (Fsp3) is 1.00. The van der Waals surface area contributed by atoms with Crippen LogP contribution >= 0.6 is 0 Å². The van der Waals surface area contributed by atoms with Crippen molar-refractivity contribution in [3.05, 3.63) is 0 Å². The third kappa shape index (κ3) is 2.35. The maximum atomic E-state index is 10.8. The van der Waals surface area contributed by atoms with Gasteiger partial charge in [-0.2, -0.15) is 0 Å². The molecule has 0 bridgehead atoms. The van der Waals surface area contributed by atoms with E-state index in [9.17, 15) is 5.11 Å². The molecular formula is C12H24N2O. The second-order valence-corrected chi connectivity index (χ2v) is 5.20. The first-order valence-corrected chi connectivity index (χ1v) is 6.40. The fourth-order valence-electron chi connectivity index (χ4n) is 3.00. The summed E-state index contributed by atoms with van der Waals surface area (Å²) >= 11 is 0. The largest absolute Gasteiger partial charge is 0.388 e. The minimum atomic E-state index is -0.477. The van der Waals surface area contributed by atoms with Crippen LogP contribution in [-0.2, 0) is 0 Å². The highest BCUT2D eigenvalue weighted by atomic mass is 16.3. The third-order valence-corrected chi connectivity index (χ3v) is 4.17. The first kappa shape index (κ1) is 11.4. The number of rotatable bonds is 1. The van der Waals surface area contributed by atoms with Gasteiger partial charge in [0.15, 0.2) is 0 Å². The molecule has 0 aromatic rings. The van der Waals surface area contributed by atoms with Gasteiger partial charge in [-0.15, -0.1) is 0 Å². The third-order valence-electron chi connectivity index (χ3n) is 4.17. The minimum absolute atomic E-state index is 0.317. The van der Waals surface area contributed by atoms with Gasteiger partial charge in [0, 0.05) is 12.6 Å². The van der Waals surface area contributed by atoms with E-state index in [1.54, 1.807) is 0 Å². The lowest BCUT2D eigenvalue weighted by atomic mass is 9.76. The second kappa shape index (κ2) is 4.81. The summed E-state index contributed by atoms with van der Waals surface area (Å²) in [5.74, 6) is 0.363. The number of nitrogens with one attached hydrogen (secondary N) is 2. The summed E-state index contributed by atoms with van der Waals surface area (Å²) in [6.45, 7) is 5.15. The van der Waals surface area contributed by atoms with Crippen molar-refractivity contribution in [1.29, 1.82) is 0 Å². The monoisotopic (exact) mass is 212 g/mol. The molecule has 0 amide bonds. The van der Waals surface area contributed by atoms with Gasteiger partial charge in [-0.3, -0.25) is 0 Å². The van der Waals surface area contributed by atoms with Gasteiger partial charge >= 0.3 is 0 Å². The smallest absolute Gasteiger partial charge is 0.0849 e. The van der Waals surface area contributed by atoms with E-state index < -0.39 is 5.60 Å². The molecule has 0 spiro atoms. The zero-order valence-corrected chi connectivity index (χ0v) is 9.76. The SMILES string of the molecule is CC1CNCCC1(O)C1CCCCCN1. The molecule has 3 unspecified atom stereocenters. The molecule has 2 saturated heterocycles. The summed E-state index contributed by atoms with van der Waals surface area (Å²) in [7, 11) is 0. The molecule has 2 aliphatic heterocycles. The zero-order valence-electron chi connectivity index (χ0n) is 9.76. The maximum absolute atomic E-state index is 10.8. The van der Waals surface area contributed by atoms with Crippen molar-refractivity contribution < 1.29 is 5.11 Å². The molecule has 3 heteroatoms. The normalized spacial score (nSPS) is 43.6. The standard InChI is InChI=1S/C12H24N2O/c1-10-9-13-8-6-12(10,15)11-5-3-2-4-7-14-11/h10-11,13-15H,2-9H2,1H3. The van der Waals surface area contributed by atoms with Gasteiger partial charge in [-0.1, -0.05) is 19.8 Å². The Balaban J connectivity index is 2.04. The molecule has 0 aromatic carbocycles. The van der Waals surface area contributed by atoms with Crippen LogP contribution in [0.15, 0.2) is 0 Å². The fourth-order valence-corrected chi connectivity index (χ4v) is 3.00. The van der Waals surface area contributed by atoms with Crippen molar-refractivity contribution in [2.75, 3.05) is 19.6 Å². The van der Waals surface area contributed by atoms with E-state index in [4.69, 9.17) is 0 Å². The topological polar surface area (TPSA) is 44.3 Å². The molecule has 88 valence electrons. The second-order valence-electron chi connectivity index (χ2n) is 5.20. The Kier molecular flexibility index (Phi) is 3.65. The number of hydrogen-bond acceptors (Lipinski definition) is 3. The van der Waals surface area contributed by atoms with Crippen LogP contribution in [0.2, 0.25) is 0 Å². The summed E-state index contributed by atoms with van der Waals surface area (Å²) in [5.41, 5.74) is -0.477. The Morgan fingerprint density at radius 3 is 2.87 bits per heavy atom. The van der Waals surface area contributed by atoms with Crippen LogP contribution in [-0.4, -0.2) is 36.4 Å². The van der Waals surface area contributed by atoms with Crippen LogP contribution in [0, 0.1) is 5.92 Å². The van der Waals surface area contributed by atoms with Crippen molar-refractivity contribution in [3.8, 4) is 0 Å². The highest BCUT2D eigenvalue weighted by Crippen LogP contribution is 2.31. The van der Waals surface area contributed by atoms with E-state index in [1.807, 2.05) is 0 Å². The van der Waals surface area contributed by atoms with Gasteiger partial charge in [0.1, 0.15) is 0 Å². The van der Waals surface area contributed by atoms with Crippen molar-refractivity contribution in [3.63, 3.8) is 0 Å². The molecule has 3 N–H and O–H groups in total. The Morgan fingerprint density at radius 2 is 2.07 bits per heavy atom. The van der Waals surface area contributed by atoms with Gasteiger partial charge in [0.25, 0.3) is 0 Å². The van der Waals surface area contributed by atoms with Crippen LogP contribution in [0.1, 0.15) is 39.0 Å². The number of piperidine rings is 1. The van der Waals surface area contributed by atoms with Gasteiger partial charge < -0.3 is 15.7 Å². The highest BCUT2D eigenvalue weighted by Gasteiger charge is 2.42. The Bertz CT molecular complexity index is 202. The highest BCUT2D eigenvalue weighted by molar-refractivity contribution is 4.99. The molecule has 0 saturated carbocycles. The first-order chi connectivity index (χ1) is 7.23. The van der Waals surface area contributed by atoms with Gasteiger partial charge in [0.05, 0.1) is 5.60 Å². The molecule has 2 aliphatic rings.